The number of halogens is 1. The molecule has 0 unspecified atom stereocenters. The minimum absolute atomic E-state index is 0.226. The molecule has 158 valence electrons. The number of aromatic nitrogens is 2. The van der Waals surface area contributed by atoms with Gasteiger partial charge in [0.1, 0.15) is 23.5 Å². The van der Waals surface area contributed by atoms with Crippen molar-refractivity contribution >= 4 is 26.3 Å². The van der Waals surface area contributed by atoms with E-state index in [9.17, 15) is 8.60 Å². The molecule has 2 aromatic carbocycles. The van der Waals surface area contributed by atoms with Crippen LogP contribution >= 0.6 is 0 Å². The SMILES string of the molecule is Cc1cc(N=S(C)(C)=O)cc2ncnc(Cc3ccc(F)cc3OC3(C)CCC3)c12. The average Bonchev–Trinajstić information content (AvgIpc) is 2.61. The number of rotatable bonds is 5. The Morgan fingerprint density at radius 1 is 1.20 bits per heavy atom. The molecule has 3 aromatic rings. The van der Waals surface area contributed by atoms with Crippen molar-refractivity contribution in [2.24, 2.45) is 4.36 Å². The third kappa shape index (κ3) is 4.46. The van der Waals surface area contributed by atoms with Gasteiger partial charge in [0.15, 0.2) is 0 Å². The molecule has 0 radical (unpaired) electrons. The van der Waals surface area contributed by atoms with E-state index in [1.807, 2.05) is 19.1 Å². The number of nitrogens with zero attached hydrogens (tertiary/aromatic N) is 3. The van der Waals surface area contributed by atoms with Crippen LogP contribution in [0.15, 0.2) is 41.0 Å². The molecular weight excluding hydrogens is 401 g/mol. The highest BCUT2D eigenvalue weighted by Gasteiger charge is 2.34. The Hall–Kier alpha value is -2.54. The molecule has 1 fully saturated rings. The summed E-state index contributed by atoms with van der Waals surface area (Å²) in [4.78, 5) is 8.91. The van der Waals surface area contributed by atoms with Crippen LogP contribution < -0.4 is 4.74 Å². The average molecular weight is 428 g/mol. The fourth-order valence-corrected chi connectivity index (χ4v) is 4.50. The van der Waals surface area contributed by atoms with Gasteiger partial charge < -0.3 is 4.74 Å². The van der Waals surface area contributed by atoms with E-state index in [1.54, 1.807) is 18.6 Å². The zero-order chi connectivity index (χ0) is 21.5. The Labute approximate surface area is 176 Å². The lowest BCUT2D eigenvalue weighted by Gasteiger charge is -2.39. The second-order valence-electron chi connectivity index (χ2n) is 8.58. The molecule has 0 spiro atoms. The van der Waals surface area contributed by atoms with Crippen molar-refractivity contribution in [2.75, 3.05) is 12.5 Å². The third-order valence-corrected chi connectivity index (χ3v) is 6.13. The second-order valence-corrected chi connectivity index (χ2v) is 11.1. The zero-order valence-electron chi connectivity index (χ0n) is 17.7. The number of hydrogen-bond donors (Lipinski definition) is 0. The van der Waals surface area contributed by atoms with E-state index in [2.05, 4.69) is 21.3 Å². The van der Waals surface area contributed by atoms with Crippen LogP contribution in [0.2, 0.25) is 0 Å². The van der Waals surface area contributed by atoms with Gasteiger partial charge in [0.05, 0.1) is 16.9 Å². The van der Waals surface area contributed by atoms with Gasteiger partial charge in [-0.25, -0.2) is 18.6 Å². The van der Waals surface area contributed by atoms with Gasteiger partial charge >= 0.3 is 0 Å². The fourth-order valence-electron chi connectivity index (χ4n) is 3.89. The molecule has 1 aliphatic carbocycles. The lowest BCUT2D eigenvalue weighted by Crippen LogP contribution is -2.39. The molecule has 7 heteroatoms. The maximum Gasteiger partial charge on any atom is 0.126 e. The monoisotopic (exact) mass is 427 g/mol. The van der Waals surface area contributed by atoms with Crippen molar-refractivity contribution in [1.82, 2.24) is 9.97 Å². The Kier molecular flexibility index (Phi) is 5.26. The standard InChI is InChI=1S/C23H26FN3O2S/c1-15-10-18(27-30(3,4)28)13-20-22(15)19(25-14-26-20)11-16-6-7-17(24)12-21(16)29-23(2)8-5-9-23/h6-7,10,12-14H,5,8-9,11H2,1-4H3. The quantitative estimate of drug-likeness (QED) is 0.551. The molecule has 1 heterocycles. The highest BCUT2D eigenvalue weighted by Crippen LogP contribution is 2.38. The molecule has 4 rings (SSSR count). The summed E-state index contributed by atoms with van der Waals surface area (Å²) in [5.41, 5.74) is 3.86. The Morgan fingerprint density at radius 2 is 1.97 bits per heavy atom. The van der Waals surface area contributed by atoms with E-state index in [0.29, 0.717) is 17.9 Å². The Bertz CT molecular complexity index is 1240. The molecule has 0 bridgehead atoms. The van der Waals surface area contributed by atoms with Crippen LogP contribution in [0.4, 0.5) is 10.1 Å². The summed E-state index contributed by atoms with van der Waals surface area (Å²) in [7, 11) is -2.27. The maximum absolute atomic E-state index is 13.9. The predicted molar refractivity (Wildman–Crippen MR) is 118 cm³/mol. The molecule has 0 N–H and O–H groups in total. The first-order valence-corrected chi connectivity index (χ1v) is 12.3. The molecule has 1 aromatic heterocycles. The van der Waals surface area contributed by atoms with Crippen molar-refractivity contribution in [2.45, 2.75) is 45.1 Å². The number of fused-ring (bicyclic) bond motifs is 1. The van der Waals surface area contributed by atoms with Crippen LogP contribution in [0.3, 0.4) is 0 Å². The largest absolute Gasteiger partial charge is 0.487 e. The van der Waals surface area contributed by atoms with Crippen molar-refractivity contribution in [3.8, 4) is 5.75 Å². The summed E-state index contributed by atoms with van der Waals surface area (Å²) in [5.74, 6) is 0.263. The lowest BCUT2D eigenvalue weighted by atomic mass is 9.82. The van der Waals surface area contributed by atoms with Crippen LogP contribution in [0.25, 0.3) is 10.9 Å². The highest BCUT2D eigenvalue weighted by molar-refractivity contribution is 7.92. The maximum atomic E-state index is 13.9. The van der Waals surface area contributed by atoms with Crippen molar-refractivity contribution in [3.05, 3.63) is 59.3 Å². The summed E-state index contributed by atoms with van der Waals surface area (Å²) in [6.07, 6.45) is 8.32. The Balaban J connectivity index is 1.75. The summed E-state index contributed by atoms with van der Waals surface area (Å²) in [6, 6.07) is 8.42. The third-order valence-electron chi connectivity index (χ3n) is 5.48. The smallest absolute Gasteiger partial charge is 0.126 e. The normalized spacial score (nSPS) is 15.6. The molecule has 1 aliphatic rings. The van der Waals surface area contributed by atoms with E-state index >= 15 is 0 Å². The molecular formula is C23H26FN3O2S. The van der Waals surface area contributed by atoms with E-state index in [0.717, 1.165) is 47.0 Å². The van der Waals surface area contributed by atoms with Crippen LogP contribution in [0.1, 0.15) is 43.0 Å². The molecule has 30 heavy (non-hydrogen) atoms. The summed E-state index contributed by atoms with van der Waals surface area (Å²) >= 11 is 0. The molecule has 0 aliphatic heterocycles. The van der Waals surface area contributed by atoms with Gasteiger partial charge in [-0.15, -0.1) is 0 Å². The van der Waals surface area contributed by atoms with Crippen molar-refractivity contribution in [3.63, 3.8) is 0 Å². The summed E-state index contributed by atoms with van der Waals surface area (Å²) in [5, 5.41) is 0.931. The number of aryl methyl sites for hydroxylation is 1. The minimum Gasteiger partial charge on any atom is -0.487 e. The van der Waals surface area contributed by atoms with Crippen LogP contribution in [0, 0.1) is 12.7 Å². The first-order valence-electron chi connectivity index (χ1n) is 10.0. The number of ether oxygens (including phenoxy) is 1. The van der Waals surface area contributed by atoms with Crippen LogP contribution in [-0.4, -0.2) is 32.3 Å². The molecule has 0 atom stereocenters. The first kappa shape index (κ1) is 20.7. The number of benzene rings is 2. The summed E-state index contributed by atoms with van der Waals surface area (Å²) < 4.78 is 36.5. The Morgan fingerprint density at radius 3 is 2.63 bits per heavy atom. The van der Waals surface area contributed by atoms with Gasteiger partial charge in [0.25, 0.3) is 0 Å². The van der Waals surface area contributed by atoms with Gasteiger partial charge in [-0.1, -0.05) is 6.07 Å². The van der Waals surface area contributed by atoms with Gasteiger partial charge in [-0.3, -0.25) is 0 Å². The fraction of sp³-hybridized carbons (Fsp3) is 0.391. The zero-order valence-corrected chi connectivity index (χ0v) is 18.6. The summed E-state index contributed by atoms with van der Waals surface area (Å²) in [6.45, 7) is 4.04. The first-order chi connectivity index (χ1) is 14.1. The van der Waals surface area contributed by atoms with Crippen molar-refractivity contribution in [1.29, 1.82) is 0 Å². The van der Waals surface area contributed by atoms with E-state index in [1.165, 1.54) is 18.5 Å². The minimum atomic E-state index is -2.27. The van der Waals surface area contributed by atoms with Gasteiger partial charge in [-0.05, 0) is 56.9 Å². The molecule has 0 amide bonds. The topological polar surface area (TPSA) is 64.4 Å². The predicted octanol–water partition coefficient (Wildman–Crippen LogP) is 5.35. The van der Waals surface area contributed by atoms with Crippen LogP contribution in [-0.2, 0) is 16.1 Å². The van der Waals surface area contributed by atoms with E-state index < -0.39 is 9.73 Å². The molecule has 0 saturated heterocycles. The number of hydrogen-bond acceptors (Lipinski definition) is 5. The van der Waals surface area contributed by atoms with Gasteiger partial charge in [0, 0.05) is 45.7 Å². The molecule has 5 nitrogen and oxygen atoms in total. The highest BCUT2D eigenvalue weighted by atomic mass is 32.2. The molecule has 1 saturated carbocycles. The lowest BCUT2D eigenvalue weighted by molar-refractivity contribution is 0.0103. The van der Waals surface area contributed by atoms with E-state index in [4.69, 9.17) is 4.74 Å². The second kappa shape index (κ2) is 7.61. The van der Waals surface area contributed by atoms with Crippen LogP contribution in [0.5, 0.6) is 5.75 Å². The van der Waals surface area contributed by atoms with Crippen molar-refractivity contribution < 1.29 is 13.3 Å². The van der Waals surface area contributed by atoms with E-state index in [-0.39, 0.29) is 11.4 Å². The van der Waals surface area contributed by atoms with Gasteiger partial charge in [-0.2, -0.15) is 4.36 Å². The van der Waals surface area contributed by atoms with Gasteiger partial charge in [0.2, 0.25) is 0 Å².